The molecule has 0 unspecified atom stereocenters. The van der Waals surface area contributed by atoms with Gasteiger partial charge < -0.3 is 14.6 Å². The van der Waals surface area contributed by atoms with E-state index in [1.54, 1.807) is 19.2 Å². The lowest BCUT2D eigenvalue weighted by atomic mass is 9.97. The van der Waals surface area contributed by atoms with Crippen molar-refractivity contribution in [2.75, 3.05) is 33.7 Å². The van der Waals surface area contributed by atoms with Gasteiger partial charge in [-0.1, -0.05) is 12.1 Å². The first-order valence-corrected chi connectivity index (χ1v) is 10.3. The average molecular weight is 402 g/mol. The number of benzene rings is 1. The van der Waals surface area contributed by atoms with Crippen LogP contribution in [0.1, 0.15) is 35.7 Å². The monoisotopic (exact) mass is 401 g/mol. The Hall–Kier alpha value is -2.41. The van der Waals surface area contributed by atoms with E-state index in [1.165, 1.54) is 6.07 Å². The summed E-state index contributed by atoms with van der Waals surface area (Å²) in [5, 5.41) is 3.48. The summed E-state index contributed by atoms with van der Waals surface area (Å²) in [6, 6.07) is 6.70. The van der Waals surface area contributed by atoms with Crippen molar-refractivity contribution >= 4 is 5.96 Å². The molecule has 0 radical (unpaired) electrons. The van der Waals surface area contributed by atoms with Crippen molar-refractivity contribution in [3.63, 3.8) is 0 Å². The molecule has 2 heterocycles. The molecule has 6 nitrogen and oxygen atoms in total. The average Bonchev–Trinajstić information content (AvgIpc) is 3.00. The molecular weight excluding hydrogens is 369 g/mol. The first kappa shape index (κ1) is 21.3. The van der Waals surface area contributed by atoms with Gasteiger partial charge in [0.15, 0.2) is 5.96 Å². The Morgan fingerprint density at radius 2 is 2.10 bits per heavy atom. The lowest BCUT2D eigenvalue weighted by Gasteiger charge is -2.32. The van der Waals surface area contributed by atoms with Crippen LogP contribution >= 0.6 is 0 Å². The van der Waals surface area contributed by atoms with Gasteiger partial charge in [-0.25, -0.2) is 9.37 Å². The van der Waals surface area contributed by atoms with Crippen LogP contribution in [-0.4, -0.2) is 54.5 Å². The number of hydrogen-bond donors (Lipinski definition) is 1. The van der Waals surface area contributed by atoms with Gasteiger partial charge >= 0.3 is 0 Å². The van der Waals surface area contributed by atoms with Gasteiger partial charge in [0.1, 0.15) is 11.6 Å². The van der Waals surface area contributed by atoms with Crippen LogP contribution in [0.5, 0.6) is 0 Å². The van der Waals surface area contributed by atoms with E-state index in [9.17, 15) is 4.39 Å². The van der Waals surface area contributed by atoms with E-state index in [2.05, 4.69) is 20.2 Å². The second-order valence-electron chi connectivity index (χ2n) is 7.88. The molecule has 0 atom stereocenters. The Kier molecular flexibility index (Phi) is 7.25. The first-order chi connectivity index (χ1) is 13.9. The zero-order valence-electron chi connectivity index (χ0n) is 17.9. The smallest absolute Gasteiger partial charge is 0.208 e. The van der Waals surface area contributed by atoms with Crippen LogP contribution in [0.3, 0.4) is 0 Å². The highest BCUT2D eigenvalue weighted by atomic mass is 19.1. The Bertz CT molecular complexity index is 807. The number of piperidine rings is 1. The zero-order valence-corrected chi connectivity index (χ0v) is 17.9. The van der Waals surface area contributed by atoms with E-state index in [1.807, 2.05) is 31.9 Å². The predicted octanol–water partition coefficient (Wildman–Crippen LogP) is 3.35. The number of hydrogen-bond acceptors (Lipinski definition) is 4. The van der Waals surface area contributed by atoms with Gasteiger partial charge in [-0.05, 0) is 63.4 Å². The highest BCUT2D eigenvalue weighted by Crippen LogP contribution is 2.19. The van der Waals surface area contributed by atoms with Crippen molar-refractivity contribution in [1.29, 1.82) is 0 Å². The third kappa shape index (κ3) is 6.03. The van der Waals surface area contributed by atoms with Crippen LogP contribution in [0, 0.1) is 25.6 Å². The fourth-order valence-corrected chi connectivity index (χ4v) is 3.75. The van der Waals surface area contributed by atoms with Crippen LogP contribution < -0.4 is 5.32 Å². The summed E-state index contributed by atoms with van der Waals surface area (Å²) in [4.78, 5) is 13.3. The number of guanidine groups is 1. The summed E-state index contributed by atoms with van der Waals surface area (Å²) in [6.07, 6.45) is 2.27. The number of halogens is 1. The topological polar surface area (TPSA) is 56.9 Å². The maximum Gasteiger partial charge on any atom is 0.208 e. The summed E-state index contributed by atoms with van der Waals surface area (Å²) in [5.41, 5.74) is 1.91. The molecule has 29 heavy (non-hydrogen) atoms. The van der Waals surface area contributed by atoms with Gasteiger partial charge in [0.05, 0.1) is 12.2 Å². The standard InChI is InChI=1S/C22H32FN5O/c1-16-17(2)29-21(26-16)15-28-10-8-18(9-11-28)13-25-22(24-3)27(4)14-19-6-5-7-20(23)12-19/h5-7,12,18H,8-11,13-15H2,1-4H3,(H,24,25). The molecule has 1 aliphatic rings. The molecule has 7 heteroatoms. The molecule has 0 aliphatic carbocycles. The number of nitrogens with one attached hydrogen (secondary N) is 1. The second kappa shape index (κ2) is 9.87. The summed E-state index contributed by atoms with van der Waals surface area (Å²) in [7, 11) is 3.76. The summed E-state index contributed by atoms with van der Waals surface area (Å²) in [5.74, 6) is 2.96. The zero-order chi connectivity index (χ0) is 20.8. The first-order valence-electron chi connectivity index (χ1n) is 10.3. The Morgan fingerprint density at radius 1 is 1.34 bits per heavy atom. The molecule has 0 bridgehead atoms. The van der Waals surface area contributed by atoms with Gasteiger partial charge in [-0.15, -0.1) is 0 Å². The molecule has 1 aliphatic heterocycles. The molecule has 1 saturated heterocycles. The number of aliphatic imine (C=N–C) groups is 1. The van der Waals surface area contributed by atoms with E-state index in [4.69, 9.17) is 4.42 Å². The molecule has 1 aromatic heterocycles. The Balaban J connectivity index is 1.42. The van der Waals surface area contributed by atoms with Gasteiger partial charge in [-0.3, -0.25) is 9.89 Å². The minimum Gasteiger partial charge on any atom is -0.444 e. The van der Waals surface area contributed by atoms with Crippen molar-refractivity contribution in [3.8, 4) is 0 Å². The van der Waals surface area contributed by atoms with Crippen molar-refractivity contribution in [3.05, 3.63) is 53.0 Å². The molecule has 158 valence electrons. The molecule has 3 rings (SSSR count). The predicted molar refractivity (Wildman–Crippen MR) is 113 cm³/mol. The van der Waals surface area contributed by atoms with E-state index in [0.717, 1.165) is 67.9 Å². The number of nitrogens with zero attached hydrogens (tertiary/aromatic N) is 4. The van der Waals surface area contributed by atoms with E-state index < -0.39 is 0 Å². The number of rotatable bonds is 6. The third-order valence-corrected chi connectivity index (χ3v) is 5.57. The highest BCUT2D eigenvalue weighted by Gasteiger charge is 2.21. The molecule has 1 N–H and O–H groups in total. The number of aromatic nitrogens is 1. The SMILES string of the molecule is CN=C(NCC1CCN(Cc2nc(C)c(C)o2)CC1)N(C)Cc1cccc(F)c1. The lowest BCUT2D eigenvalue weighted by Crippen LogP contribution is -2.43. The molecule has 0 amide bonds. The quantitative estimate of drug-likeness (QED) is 0.594. The van der Waals surface area contributed by atoms with E-state index >= 15 is 0 Å². The molecule has 0 spiro atoms. The summed E-state index contributed by atoms with van der Waals surface area (Å²) >= 11 is 0. The minimum atomic E-state index is -0.208. The van der Waals surface area contributed by atoms with Crippen LogP contribution in [0.4, 0.5) is 4.39 Å². The lowest BCUT2D eigenvalue weighted by molar-refractivity contribution is 0.163. The van der Waals surface area contributed by atoms with E-state index in [-0.39, 0.29) is 5.82 Å². The number of oxazole rings is 1. The van der Waals surface area contributed by atoms with Gasteiger partial charge in [-0.2, -0.15) is 0 Å². The van der Waals surface area contributed by atoms with Gasteiger partial charge in [0, 0.05) is 27.2 Å². The van der Waals surface area contributed by atoms with Crippen molar-refractivity contribution in [2.24, 2.45) is 10.9 Å². The molecule has 1 fully saturated rings. The second-order valence-corrected chi connectivity index (χ2v) is 7.88. The van der Waals surface area contributed by atoms with Crippen LogP contribution in [-0.2, 0) is 13.1 Å². The van der Waals surface area contributed by atoms with Gasteiger partial charge in [0.25, 0.3) is 0 Å². The molecule has 2 aromatic rings. The van der Waals surface area contributed by atoms with Crippen LogP contribution in [0.25, 0.3) is 0 Å². The fraction of sp³-hybridized carbons (Fsp3) is 0.545. The molecule has 0 saturated carbocycles. The maximum atomic E-state index is 13.4. The molecule has 1 aromatic carbocycles. The van der Waals surface area contributed by atoms with E-state index in [0.29, 0.717) is 12.5 Å². The van der Waals surface area contributed by atoms with Gasteiger partial charge in [0.2, 0.25) is 5.89 Å². The summed E-state index contributed by atoms with van der Waals surface area (Å²) in [6.45, 7) is 8.33. The molecular formula is C22H32FN5O. The normalized spacial score (nSPS) is 16.2. The van der Waals surface area contributed by atoms with Crippen LogP contribution in [0.15, 0.2) is 33.7 Å². The van der Waals surface area contributed by atoms with Crippen LogP contribution in [0.2, 0.25) is 0 Å². The highest BCUT2D eigenvalue weighted by molar-refractivity contribution is 5.79. The largest absolute Gasteiger partial charge is 0.444 e. The van der Waals surface area contributed by atoms with Crippen molar-refractivity contribution in [2.45, 2.75) is 39.8 Å². The number of likely N-dealkylation sites (tertiary alicyclic amines) is 1. The maximum absolute atomic E-state index is 13.4. The van der Waals surface area contributed by atoms with Crippen molar-refractivity contribution in [1.82, 2.24) is 20.1 Å². The Labute approximate surface area is 172 Å². The van der Waals surface area contributed by atoms with Crippen molar-refractivity contribution < 1.29 is 8.81 Å². The minimum absolute atomic E-state index is 0.208. The fourth-order valence-electron chi connectivity index (χ4n) is 3.75. The number of aryl methyl sites for hydroxylation is 2. The third-order valence-electron chi connectivity index (χ3n) is 5.57. The Morgan fingerprint density at radius 3 is 2.72 bits per heavy atom. The summed E-state index contributed by atoms with van der Waals surface area (Å²) < 4.78 is 19.1.